The van der Waals surface area contributed by atoms with Crippen LogP contribution in [0.4, 0.5) is 13.2 Å². The number of carbonyl (C=O) groups excluding carboxylic acids is 1. The number of hydrogen-bond donors (Lipinski definition) is 0. The van der Waals surface area contributed by atoms with Crippen LogP contribution in [0.3, 0.4) is 0 Å². The normalized spacial score (nSPS) is 11.2. The lowest BCUT2D eigenvalue weighted by atomic mass is 10.4. The Bertz CT molecular complexity index is 369. The highest BCUT2D eigenvalue weighted by Crippen LogP contribution is 2.36. The molecule has 4 nitrogen and oxygen atoms in total. The Hall–Kier alpha value is -1.31. The molecule has 0 aliphatic rings. The van der Waals surface area contributed by atoms with Crippen molar-refractivity contribution in [2.75, 3.05) is 7.11 Å². The Morgan fingerprint density at radius 2 is 2.00 bits per heavy atom. The van der Waals surface area contributed by atoms with Gasteiger partial charge in [-0.3, -0.25) is 0 Å². The fourth-order valence-electron chi connectivity index (χ4n) is 0.746. The van der Waals surface area contributed by atoms with Gasteiger partial charge in [-0.25, -0.2) is 14.8 Å². The molecule has 0 N–H and O–H groups in total. The van der Waals surface area contributed by atoms with E-state index in [9.17, 15) is 18.0 Å². The highest BCUT2D eigenvalue weighted by molar-refractivity contribution is 8.00. The average Bonchev–Trinajstić information content (AvgIpc) is 2.15. The van der Waals surface area contributed by atoms with Gasteiger partial charge in [0.05, 0.1) is 7.11 Å². The number of esters is 1. The van der Waals surface area contributed by atoms with Crippen molar-refractivity contribution in [1.29, 1.82) is 0 Å². The summed E-state index contributed by atoms with van der Waals surface area (Å²) in [5.74, 6) is -0.949. The van der Waals surface area contributed by atoms with Crippen LogP contribution < -0.4 is 0 Å². The number of thioether (sulfide) groups is 1. The van der Waals surface area contributed by atoms with Crippen LogP contribution in [-0.4, -0.2) is 28.6 Å². The molecule has 0 saturated carbocycles. The predicted molar refractivity (Wildman–Crippen MR) is 45.3 cm³/mol. The number of carbonyl (C=O) groups is 1. The van der Waals surface area contributed by atoms with E-state index >= 15 is 0 Å². The van der Waals surface area contributed by atoms with Crippen molar-refractivity contribution in [3.05, 3.63) is 18.1 Å². The first-order chi connectivity index (χ1) is 6.94. The minimum absolute atomic E-state index is 0.442. The Kier molecular flexibility index (Phi) is 3.51. The van der Waals surface area contributed by atoms with Crippen molar-refractivity contribution in [3.8, 4) is 0 Å². The number of rotatable bonds is 2. The van der Waals surface area contributed by atoms with Crippen molar-refractivity contribution >= 4 is 17.7 Å². The summed E-state index contributed by atoms with van der Waals surface area (Å²) >= 11 is -0.503. The van der Waals surface area contributed by atoms with Gasteiger partial charge in [-0.2, -0.15) is 13.2 Å². The molecule has 0 aliphatic heterocycles. The molecule has 1 aromatic rings. The highest BCUT2D eigenvalue weighted by Gasteiger charge is 2.33. The van der Waals surface area contributed by atoms with Gasteiger partial charge in [0.1, 0.15) is 5.03 Å². The summed E-state index contributed by atoms with van der Waals surface area (Å²) in [7, 11) is 1.05. The van der Waals surface area contributed by atoms with E-state index in [0.29, 0.717) is 0 Å². The second-order valence-corrected chi connectivity index (χ2v) is 3.30. The Balaban J connectivity index is 3.02. The van der Waals surface area contributed by atoms with E-state index in [-0.39, 0.29) is 0 Å². The quantitative estimate of drug-likeness (QED) is 0.581. The highest BCUT2D eigenvalue weighted by atomic mass is 32.2. The van der Waals surface area contributed by atoms with E-state index in [1.54, 1.807) is 0 Å². The van der Waals surface area contributed by atoms with E-state index in [0.717, 1.165) is 19.5 Å². The van der Waals surface area contributed by atoms with E-state index in [4.69, 9.17) is 0 Å². The lowest BCUT2D eigenvalue weighted by Gasteiger charge is -2.06. The van der Waals surface area contributed by atoms with Gasteiger partial charge in [0.2, 0.25) is 0 Å². The summed E-state index contributed by atoms with van der Waals surface area (Å²) in [4.78, 5) is 17.9. The second kappa shape index (κ2) is 4.47. The molecule has 82 valence electrons. The third-order valence-corrected chi connectivity index (χ3v) is 1.98. The number of alkyl halides is 3. The first-order valence-electron chi connectivity index (χ1n) is 3.59. The number of ether oxygens (including phenoxy) is 1. The Morgan fingerprint density at radius 1 is 1.40 bits per heavy atom. The SMILES string of the molecule is COC(=O)c1nccnc1SC(F)(F)F. The van der Waals surface area contributed by atoms with Crippen LogP contribution in [0.25, 0.3) is 0 Å². The van der Waals surface area contributed by atoms with Gasteiger partial charge in [0, 0.05) is 24.2 Å². The largest absolute Gasteiger partial charge is 0.464 e. The van der Waals surface area contributed by atoms with E-state index in [2.05, 4.69) is 14.7 Å². The van der Waals surface area contributed by atoms with Crippen molar-refractivity contribution < 1.29 is 22.7 Å². The summed E-state index contributed by atoms with van der Waals surface area (Å²) in [5, 5.41) is -0.517. The minimum Gasteiger partial charge on any atom is -0.464 e. The number of methoxy groups -OCH3 is 1. The van der Waals surface area contributed by atoms with Crippen LogP contribution in [0.15, 0.2) is 17.4 Å². The van der Waals surface area contributed by atoms with Gasteiger partial charge in [-0.1, -0.05) is 0 Å². The first kappa shape index (κ1) is 11.8. The number of nitrogens with zero attached hydrogens (tertiary/aromatic N) is 2. The molecule has 1 aromatic heterocycles. The van der Waals surface area contributed by atoms with Crippen LogP contribution >= 0.6 is 11.8 Å². The zero-order valence-electron chi connectivity index (χ0n) is 7.41. The fourth-order valence-corrected chi connectivity index (χ4v) is 1.31. The molecule has 0 atom stereocenters. The van der Waals surface area contributed by atoms with E-state index < -0.39 is 34.0 Å². The number of aromatic nitrogens is 2. The summed E-state index contributed by atoms with van der Waals surface area (Å²) < 4.78 is 40.4. The molecule has 1 heterocycles. The lowest BCUT2D eigenvalue weighted by molar-refractivity contribution is -0.0329. The first-order valence-corrected chi connectivity index (χ1v) is 4.41. The summed E-state index contributed by atoms with van der Waals surface area (Å²) in [6.45, 7) is 0. The summed E-state index contributed by atoms with van der Waals surface area (Å²) in [5.41, 5.74) is -4.96. The molecule has 0 amide bonds. The zero-order chi connectivity index (χ0) is 11.5. The molecular weight excluding hydrogens is 233 g/mol. The van der Waals surface area contributed by atoms with Gasteiger partial charge in [-0.15, -0.1) is 0 Å². The monoisotopic (exact) mass is 238 g/mol. The average molecular weight is 238 g/mol. The van der Waals surface area contributed by atoms with Crippen molar-refractivity contribution in [3.63, 3.8) is 0 Å². The molecule has 0 saturated heterocycles. The summed E-state index contributed by atoms with van der Waals surface area (Å²) in [6, 6.07) is 0. The topological polar surface area (TPSA) is 52.1 Å². The van der Waals surface area contributed by atoms with E-state index in [1.807, 2.05) is 0 Å². The standard InChI is InChI=1S/C7H5F3N2O2S/c1-14-6(13)4-5(12-3-2-11-4)15-7(8,9)10/h2-3H,1H3. The lowest BCUT2D eigenvalue weighted by Crippen LogP contribution is -2.10. The van der Waals surface area contributed by atoms with Gasteiger partial charge < -0.3 is 4.74 Å². The molecular formula is C7H5F3N2O2S. The molecule has 0 radical (unpaired) electrons. The third kappa shape index (κ3) is 3.39. The number of halogens is 3. The fraction of sp³-hybridized carbons (Fsp3) is 0.286. The van der Waals surface area contributed by atoms with Gasteiger partial charge in [0.25, 0.3) is 0 Å². The van der Waals surface area contributed by atoms with Crippen molar-refractivity contribution in [2.45, 2.75) is 10.5 Å². The van der Waals surface area contributed by atoms with Crippen LogP contribution in [0.5, 0.6) is 0 Å². The van der Waals surface area contributed by atoms with Gasteiger partial charge in [0.15, 0.2) is 5.69 Å². The van der Waals surface area contributed by atoms with Gasteiger partial charge in [-0.05, 0) is 0 Å². The Labute approximate surface area is 86.9 Å². The molecule has 0 fully saturated rings. The smallest absolute Gasteiger partial charge is 0.447 e. The Morgan fingerprint density at radius 3 is 2.53 bits per heavy atom. The molecule has 0 bridgehead atoms. The van der Waals surface area contributed by atoms with Crippen LogP contribution in [0.1, 0.15) is 10.5 Å². The van der Waals surface area contributed by atoms with E-state index in [1.165, 1.54) is 0 Å². The molecule has 0 spiro atoms. The third-order valence-electron chi connectivity index (χ3n) is 1.26. The van der Waals surface area contributed by atoms with Crippen LogP contribution in [0, 0.1) is 0 Å². The molecule has 0 aromatic carbocycles. The molecule has 0 unspecified atom stereocenters. The molecule has 8 heteroatoms. The number of hydrogen-bond acceptors (Lipinski definition) is 5. The van der Waals surface area contributed by atoms with Crippen LogP contribution in [-0.2, 0) is 4.74 Å². The van der Waals surface area contributed by atoms with Crippen LogP contribution in [0.2, 0.25) is 0 Å². The van der Waals surface area contributed by atoms with Gasteiger partial charge >= 0.3 is 11.5 Å². The summed E-state index contributed by atoms with van der Waals surface area (Å²) in [6.07, 6.45) is 2.19. The molecule has 15 heavy (non-hydrogen) atoms. The van der Waals surface area contributed by atoms with Crippen molar-refractivity contribution in [2.24, 2.45) is 0 Å². The molecule has 0 aliphatic carbocycles. The zero-order valence-corrected chi connectivity index (χ0v) is 8.22. The maximum absolute atomic E-state index is 12.0. The second-order valence-electron chi connectivity index (χ2n) is 2.25. The van der Waals surface area contributed by atoms with Crippen molar-refractivity contribution in [1.82, 2.24) is 9.97 Å². The predicted octanol–water partition coefficient (Wildman–Crippen LogP) is 1.88. The maximum Gasteiger partial charge on any atom is 0.447 e. The minimum atomic E-state index is -4.52. The molecule has 1 rings (SSSR count). The maximum atomic E-state index is 12.0.